The van der Waals surface area contributed by atoms with Gasteiger partial charge in [0.15, 0.2) is 0 Å². The summed E-state index contributed by atoms with van der Waals surface area (Å²) in [6.45, 7) is 4.69. The smallest absolute Gasteiger partial charge is 0.318 e. The molecule has 1 aliphatic heterocycles. The van der Waals surface area contributed by atoms with Crippen LogP contribution in [0.2, 0.25) is 0 Å². The number of carbonyl (C=O) groups excluding carboxylic acids is 1. The number of piperidine rings is 1. The monoisotopic (exact) mass is 302 g/mol. The van der Waals surface area contributed by atoms with E-state index < -0.39 is 5.92 Å². The van der Waals surface area contributed by atoms with Gasteiger partial charge in [0.05, 0.1) is 6.04 Å². The molecule has 0 bridgehead atoms. The van der Waals surface area contributed by atoms with Crippen molar-refractivity contribution in [2.75, 3.05) is 19.6 Å². The number of likely N-dealkylation sites (N-methyl/N-ethyl adjacent to an activating group) is 1. The lowest BCUT2D eigenvalue weighted by Crippen LogP contribution is -2.56. The molecule has 0 spiro atoms. The molecule has 1 heterocycles. The molecule has 2 aliphatic rings. The Kier molecular flexibility index (Phi) is 4.39. The Morgan fingerprint density at radius 1 is 1.29 bits per heavy atom. The lowest BCUT2D eigenvalue weighted by molar-refractivity contribution is -0.0471. The first-order valence-electron chi connectivity index (χ1n) is 7.53. The van der Waals surface area contributed by atoms with Crippen molar-refractivity contribution in [1.82, 2.24) is 15.5 Å². The van der Waals surface area contributed by atoms with Crippen molar-refractivity contribution in [1.29, 1.82) is 5.41 Å². The Bertz CT molecular complexity index is 413. The molecule has 2 rings (SSSR count). The predicted molar refractivity (Wildman–Crippen MR) is 76.8 cm³/mol. The lowest BCUT2D eigenvalue weighted by atomic mass is 9.97. The number of rotatable bonds is 4. The Morgan fingerprint density at radius 2 is 1.86 bits per heavy atom. The summed E-state index contributed by atoms with van der Waals surface area (Å²) in [6.07, 6.45) is 1.35. The van der Waals surface area contributed by atoms with Gasteiger partial charge in [-0.05, 0) is 25.2 Å². The van der Waals surface area contributed by atoms with Crippen molar-refractivity contribution in [3.05, 3.63) is 0 Å². The topological polar surface area (TPSA) is 68.2 Å². The Labute approximate surface area is 124 Å². The normalized spacial score (nSPS) is 24.1. The molecule has 0 aromatic carbocycles. The molecular formula is C14H24F2N4O. The van der Waals surface area contributed by atoms with Crippen molar-refractivity contribution in [2.45, 2.75) is 51.5 Å². The maximum absolute atomic E-state index is 13.1. The van der Waals surface area contributed by atoms with Crippen LogP contribution < -0.4 is 10.6 Å². The number of urea groups is 1. The highest BCUT2D eigenvalue weighted by molar-refractivity contribution is 5.90. The molecular weight excluding hydrogens is 278 g/mol. The van der Waals surface area contributed by atoms with Gasteiger partial charge in [-0.25, -0.2) is 13.6 Å². The third kappa shape index (κ3) is 3.83. The van der Waals surface area contributed by atoms with E-state index in [9.17, 15) is 13.6 Å². The highest BCUT2D eigenvalue weighted by Gasteiger charge is 2.48. The minimum atomic E-state index is -2.66. The molecule has 3 N–H and O–H groups in total. The van der Waals surface area contributed by atoms with Crippen LogP contribution in [0.1, 0.15) is 39.5 Å². The SMILES string of the molecule is CCNC(=N)[C@@H](NC(=O)N1CCC(F)(F)CC1)C1(C)CC1. The van der Waals surface area contributed by atoms with Gasteiger partial charge in [-0.3, -0.25) is 5.41 Å². The van der Waals surface area contributed by atoms with Crippen LogP contribution in [0.25, 0.3) is 0 Å². The summed E-state index contributed by atoms with van der Waals surface area (Å²) < 4.78 is 26.3. The maximum atomic E-state index is 13.1. The number of likely N-dealkylation sites (tertiary alicyclic amines) is 1. The number of hydrogen-bond donors (Lipinski definition) is 3. The fourth-order valence-electron chi connectivity index (χ4n) is 2.62. The third-order valence-corrected chi connectivity index (χ3v) is 4.44. The van der Waals surface area contributed by atoms with Crippen molar-refractivity contribution < 1.29 is 13.6 Å². The lowest BCUT2D eigenvalue weighted by Gasteiger charge is -2.34. The van der Waals surface area contributed by atoms with Gasteiger partial charge in [0, 0.05) is 32.5 Å². The van der Waals surface area contributed by atoms with E-state index in [0.29, 0.717) is 12.4 Å². The molecule has 1 aliphatic carbocycles. The summed E-state index contributed by atoms with van der Waals surface area (Å²) in [6, 6.07) is -0.710. The molecule has 0 aromatic heterocycles. The van der Waals surface area contributed by atoms with Gasteiger partial charge < -0.3 is 15.5 Å². The molecule has 0 radical (unpaired) electrons. The van der Waals surface area contributed by atoms with Crippen LogP contribution in [0.4, 0.5) is 13.6 Å². The molecule has 7 heteroatoms. The summed E-state index contributed by atoms with van der Waals surface area (Å²) in [5.41, 5.74) is -0.0887. The van der Waals surface area contributed by atoms with Crippen molar-refractivity contribution in [3.8, 4) is 0 Å². The molecule has 2 amide bonds. The zero-order valence-electron chi connectivity index (χ0n) is 12.6. The summed E-state index contributed by atoms with van der Waals surface area (Å²) in [7, 11) is 0. The number of carbonyl (C=O) groups is 1. The second-order valence-electron chi connectivity index (χ2n) is 6.32. The first kappa shape index (κ1) is 16.0. The van der Waals surface area contributed by atoms with Crippen molar-refractivity contribution in [2.24, 2.45) is 5.41 Å². The average molecular weight is 302 g/mol. The largest absolute Gasteiger partial charge is 0.373 e. The second-order valence-corrected chi connectivity index (χ2v) is 6.32. The minimum Gasteiger partial charge on any atom is -0.373 e. The third-order valence-electron chi connectivity index (χ3n) is 4.44. The van der Waals surface area contributed by atoms with Gasteiger partial charge in [-0.1, -0.05) is 6.92 Å². The number of alkyl halides is 2. The van der Waals surface area contributed by atoms with E-state index in [-0.39, 0.29) is 43.4 Å². The first-order valence-corrected chi connectivity index (χ1v) is 7.53. The van der Waals surface area contributed by atoms with Gasteiger partial charge in [0.2, 0.25) is 0 Å². The number of amides is 2. The minimum absolute atomic E-state index is 0.0663. The number of nitrogens with zero attached hydrogens (tertiary/aromatic N) is 1. The molecule has 0 unspecified atom stereocenters. The van der Waals surface area contributed by atoms with E-state index in [1.54, 1.807) is 0 Å². The molecule has 2 fully saturated rings. The molecule has 120 valence electrons. The van der Waals surface area contributed by atoms with Crippen LogP contribution in [0.15, 0.2) is 0 Å². The Balaban J connectivity index is 1.94. The van der Waals surface area contributed by atoms with Crippen molar-refractivity contribution >= 4 is 11.9 Å². The van der Waals surface area contributed by atoms with Crippen LogP contribution in [0.5, 0.6) is 0 Å². The molecule has 5 nitrogen and oxygen atoms in total. The van der Waals surface area contributed by atoms with Crippen LogP contribution in [0, 0.1) is 10.8 Å². The standard InChI is InChI=1S/C14H24F2N4O/c1-3-18-11(17)10(13(2)4-5-13)19-12(21)20-8-6-14(15,16)7-9-20/h10H,3-9H2,1-2H3,(H2,17,18)(H,19,21)/t10-/m1/s1. The number of hydrogen-bond acceptors (Lipinski definition) is 2. The Morgan fingerprint density at radius 3 is 2.33 bits per heavy atom. The number of nitrogens with one attached hydrogen (secondary N) is 3. The zero-order chi connectivity index (χ0) is 15.7. The molecule has 0 aromatic rings. The highest BCUT2D eigenvalue weighted by Crippen LogP contribution is 2.48. The van der Waals surface area contributed by atoms with Gasteiger partial charge in [-0.2, -0.15) is 0 Å². The van der Waals surface area contributed by atoms with Crippen LogP contribution in [0.3, 0.4) is 0 Å². The molecule has 21 heavy (non-hydrogen) atoms. The second kappa shape index (κ2) is 5.77. The summed E-state index contributed by atoms with van der Waals surface area (Å²) in [5.74, 6) is -2.36. The van der Waals surface area contributed by atoms with E-state index in [1.165, 1.54) is 4.90 Å². The Hall–Kier alpha value is -1.40. The van der Waals surface area contributed by atoms with Gasteiger partial charge in [0.25, 0.3) is 5.92 Å². The fraction of sp³-hybridized carbons (Fsp3) is 0.857. The summed E-state index contributed by atoms with van der Waals surface area (Å²) >= 11 is 0. The van der Waals surface area contributed by atoms with Crippen molar-refractivity contribution in [3.63, 3.8) is 0 Å². The summed E-state index contributed by atoms with van der Waals surface area (Å²) in [4.78, 5) is 13.7. The predicted octanol–water partition coefficient (Wildman–Crippen LogP) is 2.18. The maximum Gasteiger partial charge on any atom is 0.318 e. The molecule has 1 saturated carbocycles. The molecule has 1 saturated heterocycles. The highest BCUT2D eigenvalue weighted by atomic mass is 19.3. The van der Waals surface area contributed by atoms with Gasteiger partial charge in [-0.15, -0.1) is 0 Å². The van der Waals surface area contributed by atoms with E-state index in [4.69, 9.17) is 5.41 Å². The van der Waals surface area contributed by atoms with Crippen LogP contribution in [-0.4, -0.2) is 48.4 Å². The first-order chi connectivity index (χ1) is 9.77. The number of amidine groups is 1. The summed E-state index contributed by atoms with van der Waals surface area (Å²) in [5, 5.41) is 13.8. The van der Waals surface area contributed by atoms with Gasteiger partial charge >= 0.3 is 6.03 Å². The van der Waals surface area contributed by atoms with E-state index in [1.807, 2.05) is 13.8 Å². The number of halogens is 2. The van der Waals surface area contributed by atoms with Crippen LogP contribution >= 0.6 is 0 Å². The average Bonchev–Trinajstić information content (AvgIpc) is 3.14. The van der Waals surface area contributed by atoms with Gasteiger partial charge in [0.1, 0.15) is 5.84 Å². The van der Waals surface area contributed by atoms with E-state index >= 15 is 0 Å². The van der Waals surface area contributed by atoms with E-state index in [2.05, 4.69) is 10.6 Å². The van der Waals surface area contributed by atoms with Crippen LogP contribution in [-0.2, 0) is 0 Å². The zero-order valence-corrected chi connectivity index (χ0v) is 12.6. The van der Waals surface area contributed by atoms with E-state index in [0.717, 1.165) is 12.8 Å². The fourth-order valence-corrected chi connectivity index (χ4v) is 2.62. The quantitative estimate of drug-likeness (QED) is 0.550. The molecule has 1 atom stereocenters.